The van der Waals surface area contributed by atoms with E-state index in [1.807, 2.05) is 6.92 Å². The summed E-state index contributed by atoms with van der Waals surface area (Å²) in [4.78, 5) is 18.1. The van der Waals surface area contributed by atoms with Crippen molar-refractivity contribution in [3.8, 4) is 11.3 Å². The molecule has 0 fully saturated rings. The number of nitrogens with one attached hydrogen (secondary N) is 1. The first-order chi connectivity index (χ1) is 9.29. The Hall–Kier alpha value is -2.10. The van der Waals surface area contributed by atoms with E-state index in [1.165, 1.54) is 5.56 Å². The number of aromatic amines is 1. The van der Waals surface area contributed by atoms with Crippen molar-refractivity contribution in [2.24, 2.45) is 0 Å². The fourth-order valence-corrected chi connectivity index (χ4v) is 2.18. The third kappa shape index (κ3) is 2.90. The molecule has 0 radical (unpaired) electrons. The Balaban J connectivity index is 2.52. The molecule has 0 spiro atoms. The highest BCUT2D eigenvalue weighted by Crippen LogP contribution is 2.30. The van der Waals surface area contributed by atoms with E-state index in [0.29, 0.717) is 5.69 Å². The number of carboxylic acid groups (broad SMARTS) is 1. The van der Waals surface area contributed by atoms with Gasteiger partial charge in [0.2, 0.25) is 0 Å². The largest absolute Gasteiger partial charge is 0.481 e. The first-order valence-corrected chi connectivity index (χ1v) is 6.64. The van der Waals surface area contributed by atoms with Gasteiger partial charge in [-0.3, -0.25) is 4.79 Å². The fourth-order valence-electron chi connectivity index (χ4n) is 2.18. The Morgan fingerprint density at radius 1 is 1.35 bits per heavy atom. The van der Waals surface area contributed by atoms with Crippen molar-refractivity contribution in [2.75, 3.05) is 0 Å². The lowest BCUT2D eigenvalue weighted by atomic mass is 9.84. The Morgan fingerprint density at radius 3 is 2.65 bits per heavy atom. The highest BCUT2D eigenvalue weighted by molar-refractivity contribution is 5.75. The fraction of sp³-hybridized carbons (Fsp3) is 0.375. The Kier molecular flexibility index (Phi) is 3.66. The zero-order valence-corrected chi connectivity index (χ0v) is 12.3. The van der Waals surface area contributed by atoms with Crippen LogP contribution in [0.25, 0.3) is 11.3 Å². The van der Waals surface area contributed by atoms with Crippen LogP contribution >= 0.6 is 0 Å². The smallest absolute Gasteiger partial charge is 0.309 e. The molecular weight excluding hydrogens is 252 g/mol. The molecular formula is C16H20N2O2. The second-order valence-electron chi connectivity index (χ2n) is 6.08. The molecule has 0 saturated carbocycles. The molecule has 0 unspecified atom stereocenters. The SMILES string of the molecule is Cc1ccc(C(C)(C)C)cc1-c1nc[nH]c1CC(=O)O. The van der Waals surface area contributed by atoms with Crippen LogP contribution in [0.5, 0.6) is 0 Å². The van der Waals surface area contributed by atoms with E-state index in [-0.39, 0.29) is 11.8 Å². The Morgan fingerprint density at radius 2 is 2.05 bits per heavy atom. The average Bonchev–Trinajstić information content (AvgIpc) is 2.75. The minimum absolute atomic E-state index is 0.0471. The number of hydrogen-bond acceptors (Lipinski definition) is 2. The first kappa shape index (κ1) is 14.3. The standard InChI is InChI=1S/C16H20N2O2/c1-10-5-6-11(16(2,3)4)7-12(10)15-13(8-14(19)20)17-9-18-15/h5-7,9H,8H2,1-4H3,(H,17,18)(H,19,20). The van der Waals surface area contributed by atoms with Crippen LogP contribution in [-0.2, 0) is 16.6 Å². The Labute approximate surface area is 118 Å². The van der Waals surface area contributed by atoms with Gasteiger partial charge in [0, 0.05) is 5.56 Å². The molecule has 2 N–H and O–H groups in total. The number of H-pyrrole nitrogens is 1. The van der Waals surface area contributed by atoms with E-state index >= 15 is 0 Å². The lowest BCUT2D eigenvalue weighted by molar-refractivity contribution is -0.136. The van der Waals surface area contributed by atoms with Gasteiger partial charge in [0.05, 0.1) is 24.1 Å². The van der Waals surface area contributed by atoms with E-state index in [2.05, 4.69) is 48.9 Å². The molecule has 0 amide bonds. The van der Waals surface area contributed by atoms with Crippen LogP contribution < -0.4 is 0 Å². The predicted molar refractivity (Wildman–Crippen MR) is 78.8 cm³/mol. The molecule has 1 aromatic heterocycles. The van der Waals surface area contributed by atoms with Crippen LogP contribution in [0.4, 0.5) is 0 Å². The minimum Gasteiger partial charge on any atom is -0.481 e. The van der Waals surface area contributed by atoms with Crippen molar-refractivity contribution < 1.29 is 9.90 Å². The highest BCUT2D eigenvalue weighted by atomic mass is 16.4. The second kappa shape index (κ2) is 5.12. The molecule has 0 aliphatic carbocycles. The molecule has 0 bridgehead atoms. The number of carbonyl (C=O) groups is 1. The van der Waals surface area contributed by atoms with Crippen molar-refractivity contribution in [3.63, 3.8) is 0 Å². The maximum absolute atomic E-state index is 10.9. The van der Waals surface area contributed by atoms with Gasteiger partial charge in [-0.05, 0) is 29.5 Å². The van der Waals surface area contributed by atoms with Gasteiger partial charge in [-0.15, -0.1) is 0 Å². The molecule has 4 heteroatoms. The molecule has 0 atom stereocenters. The molecule has 0 saturated heterocycles. The van der Waals surface area contributed by atoms with Gasteiger partial charge in [0.25, 0.3) is 0 Å². The number of hydrogen-bond donors (Lipinski definition) is 2. The van der Waals surface area contributed by atoms with Crippen LogP contribution in [0.3, 0.4) is 0 Å². The molecule has 0 aliphatic heterocycles. The van der Waals surface area contributed by atoms with Crippen LogP contribution in [-0.4, -0.2) is 21.0 Å². The van der Waals surface area contributed by atoms with Crippen LogP contribution in [0, 0.1) is 6.92 Å². The molecule has 2 rings (SSSR count). The summed E-state index contributed by atoms with van der Waals surface area (Å²) in [6.45, 7) is 8.49. The summed E-state index contributed by atoms with van der Waals surface area (Å²) >= 11 is 0. The lowest BCUT2D eigenvalue weighted by Crippen LogP contribution is -2.11. The number of aromatic nitrogens is 2. The van der Waals surface area contributed by atoms with Gasteiger partial charge in [-0.1, -0.05) is 32.9 Å². The summed E-state index contributed by atoms with van der Waals surface area (Å²) in [6.07, 6.45) is 1.51. The van der Waals surface area contributed by atoms with Crippen molar-refractivity contribution in [1.82, 2.24) is 9.97 Å². The molecule has 106 valence electrons. The van der Waals surface area contributed by atoms with E-state index in [9.17, 15) is 4.79 Å². The van der Waals surface area contributed by atoms with E-state index < -0.39 is 5.97 Å². The Bertz CT molecular complexity index is 636. The zero-order valence-electron chi connectivity index (χ0n) is 12.3. The normalized spacial score (nSPS) is 11.6. The topological polar surface area (TPSA) is 66.0 Å². The van der Waals surface area contributed by atoms with Crippen LogP contribution in [0.15, 0.2) is 24.5 Å². The zero-order chi connectivity index (χ0) is 14.9. The first-order valence-electron chi connectivity index (χ1n) is 6.64. The molecule has 1 aromatic carbocycles. The van der Waals surface area contributed by atoms with Crippen molar-refractivity contribution in [2.45, 2.75) is 39.5 Å². The van der Waals surface area contributed by atoms with Gasteiger partial charge >= 0.3 is 5.97 Å². The molecule has 0 aliphatic rings. The quantitative estimate of drug-likeness (QED) is 0.900. The number of imidazole rings is 1. The highest BCUT2D eigenvalue weighted by Gasteiger charge is 2.18. The van der Waals surface area contributed by atoms with Gasteiger partial charge in [-0.2, -0.15) is 0 Å². The predicted octanol–water partition coefficient (Wildman–Crippen LogP) is 3.31. The number of aliphatic carboxylic acids is 1. The molecule has 1 heterocycles. The van der Waals surface area contributed by atoms with Gasteiger partial charge < -0.3 is 10.1 Å². The van der Waals surface area contributed by atoms with Gasteiger partial charge in [-0.25, -0.2) is 4.98 Å². The number of nitrogens with zero attached hydrogens (tertiary/aromatic N) is 1. The number of benzene rings is 1. The van der Waals surface area contributed by atoms with Gasteiger partial charge in [0.1, 0.15) is 0 Å². The van der Waals surface area contributed by atoms with Crippen LogP contribution in [0.1, 0.15) is 37.6 Å². The second-order valence-corrected chi connectivity index (χ2v) is 6.08. The third-order valence-electron chi connectivity index (χ3n) is 3.40. The van der Waals surface area contributed by atoms with E-state index in [1.54, 1.807) is 6.33 Å². The summed E-state index contributed by atoms with van der Waals surface area (Å²) in [5, 5.41) is 8.96. The maximum Gasteiger partial charge on any atom is 0.309 e. The minimum atomic E-state index is -0.861. The molecule has 4 nitrogen and oxygen atoms in total. The number of aryl methyl sites for hydroxylation is 1. The van der Waals surface area contributed by atoms with Gasteiger partial charge in [0.15, 0.2) is 0 Å². The summed E-state index contributed by atoms with van der Waals surface area (Å²) in [5.74, 6) is -0.861. The summed E-state index contributed by atoms with van der Waals surface area (Å²) < 4.78 is 0. The van der Waals surface area contributed by atoms with E-state index in [0.717, 1.165) is 16.8 Å². The summed E-state index contributed by atoms with van der Waals surface area (Å²) in [7, 11) is 0. The van der Waals surface area contributed by atoms with Crippen molar-refractivity contribution in [3.05, 3.63) is 41.3 Å². The summed E-state index contributed by atoms with van der Waals surface area (Å²) in [6, 6.07) is 6.29. The number of carboxylic acids is 1. The van der Waals surface area contributed by atoms with Crippen molar-refractivity contribution >= 4 is 5.97 Å². The van der Waals surface area contributed by atoms with E-state index in [4.69, 9.17) is 5.11 Å². The molecule has 20 heavy (non-hydrogen) atoms. The average molecular weight is 272 g/mol. The maximum atomic E-state index is 10.9. The van der Waals surface area contributed by atoms with Crippen molar-refractivity contribution in [1.29, 1.82) is 0 Å². The van der Waals surface area contributed by atoms with Crippen LogP contribution in [0.2, 0.25) is 0 Å². The lowest BCUT2D eigenvalue weighted by Gasteiger charge is -2.20. The molecule has 2 aromatic rings. The third-order valence-corrected chi connectivity index (χ3v) is 3.40. The number of rotatable bonds is 3. The monoisotopic (exact) mass is 272 g/mol. The summed E-state index contributed by atoms with van der Waals surface area (Å²) in [5.41, 5.74) is 4.72.